The summed E-state index contributed by atoms with van der Waals surface area (Å²) in [7, 11) is 0. The molecule has 1 amide bonds. The molecule has 0 aromatic rings. The Morgan fingerprint density at radius 3 is 2.41 bits per heavy atom. The van der Waals surface area contributed by atoms with Crippen LogP contribution in [-0.2, 0) is 14.3 Å². The SMILES string of the molecule is CCOC(=O)CCC(=O)NC1(C)CCCCC1. The molecule has 0 aliphatic heterocycles. The van der Waals surface area contributed by atoms with Crippen LogP contribution in [0.15, 0.2) is 0 Å². The summed E-state index contributed by atoms with van der Waals surface area (Å²) < 4.78 is 4.79. The predicted molar refractivity (Wildman–Crippen MR) is 65.5 cm³/mol. The molecule has 1 fully saturated rings. The van der Waals surface area contributed by atoms with Crippen LogP contribution in [-0.4, -0.2) is 24.0 Å². The summed E-state index contributed by atoms with van der Waals surface area (Å²) in [6, 6.07) is 0. The number of esters is 1. The van der Waals surface area contributed by atoms with E-state index in [1.54, 1.807) is 6.92 Å². The highest BCUT2D eigenvalue weighted by Crippen LogP contribution is 2.27. The third-order valence-corrected chi connectivity index (χ3v) is 3.26. The Bertz CT molecular complexity index is 270. The molecule has 0 heterocycles. The minimum atomic E-state index is -0.295. The third-order valence-electron chi connectivity index (χ3n) is 3.26. The topological polar surface area (TPSA) is 55.4 Å². The molecule has 0 bridgehead atoms. The molecule has 1 aliphatic rings. The fourth-order valence-electron chi connectivity index (χ4n) is 2.30. The number of hydrogen-bond donors (Lipinski definition) is 1. The van der Waals surface area contributed by atoms with Crippen LogP contribution < -0.4 is 5.32 Å². The van der Waals surface area contributed by atoms with Crippen LogP contribution in [0.3, 0.4) is 0 Å². The Balaban J connectivity index is 2.26. The number of carbonyl (C=O) groups is 2. The molecule has 0 aromatic heterocycles. The molecule has 0 saturated heterocycles. The molecule has 0 radical (unpaired) electrons. The summed E-state index contributed by atoms with van der Waals surface area (Å²) in [5.41, 5.74) is -0.0655. The first-order valence-electron chi connectivity index (χ1n) is 6.52. The standard InChI is InChI=1S/C13H23NO3/c1-3-17-12(16)8-7-11(15)14-13(2)9-5-4-6-10-13/h3-10H2,1-2H3,(H,14,15). The Hall–Kier alpha value is -1.06. The zero-order chi connectivity index (χ0) is 12.7. The maximum Gasteiger partial charge on any atom is 0.306 e. The number of rotatable bonds is 5. The van der Waals surface area contributed by atoms with E-state index in [1.165, 1.54) is 19.3 Å². The summed E-state index contributed by atoms with van der Waals surface area (Å²) >= 11 is 0. The Morgan fingerprint density at radius 2 is 1.82 bits per heavy atom. The van der Waals surface area contributed by atoms with Crippen LogP contribution in [0.5, 0.6) is 0 Å². The highest BCUT2D eigenvalue weighted by atomic mass is 16.5. The molecule has 4 heteroatoms. The van der Waals surface area contributed by atoms with Crippen LogP contribution >= 0.6 is 0 Å². The second kappa shape index (κ2) is 6.62. The smallest absolute Gasteiger partial charge is 0.306 e. The first-order chi connectivity index (χ1) is 8.06. The molecular weight excluding hydrogens is 218 g/mol. The van der Waals surface area contributed by atoms with Gasteiger partial charge in [0.05, 0.1) is 13.0 Å². The molecule has 0 aromatic carbocycles. The number of nitrogens with one attached hydrogen (secondary N) is 1. The van der Waals surface area contributed by atoms with Crippen LogP contribution in [0.2, 0.25) is 0 Å². The Labute approximate surface area is 103 Å². The van der Waals surface area contributed by atoms with Gasteiger partial charge in [-0.2, -0.15) is 0 Å². The van der Waals surface area contributed by atoms with Crippen molar-refractivity contribution in [2.24, 2.45) is 0 Å². The number of ether oxygens (including phenoxy) is 1. The van der Waals surface area contributed by atoms with Gasteiger partial charge < -0.3 is 10.1 Å². The van der Waals surface area contributed by atoms with Gasteiger partial charge in [0.1, 0.15) is 0 Å². The molecule has 98 valence electrons. The second-order valence-corrected chi connectivity index (χ2v) is 4.97. The van der Waals surface area contributed by atoms with E-state index in [4.69, 9.17) is 4.74 Å². The van der Waals surface area contributed by atoms with Gasteiger partial charge in [0.2, 0.25) is 5.91 Å². The van der Waals surface area contributed by atoms with Gasteiger partial charge in [0.25, 0.3) is 0 Å². The van der Waals surface area contributed by atoms with Crippen molar-refractivity contribution in [1.82, 2.24) is 5.32 Å². The zero-order valence-corrected chi connectivity index (χ0v) is 10.9. The normalized spacial score (nSPS) is 18.5. The highest BCUT2D eigenvalue weighted by Gasteiger charge is 2.28. The molecule has 0 spiro atoms. The van der Waals surface area contributed by atoms with Crippen molar-refractivity contribution in [3.8, 4) is 0 Å². The molecule has 0 unspecified atom stereocenters. The molecule has 17 heavy (non-hydrogen) atoms. The Morgan fingerprint density at radius 1 is 1.18 bits per heavy atom. The molecule has 4 nitrogen and oxygen atoms in total. The number of carbonyl (C=O) groups excluding carboxylic acids is 2. The molecule has 1 saturated carbocycles. The third kappa shape index (κ3) is 5.20. The van der Waals surface area contributed by atoms with Crippen LogP contribution in [0.25, 0.3) is 0 Å². The van der Waals surface area contributed by atoms with Gasteiger partial charge in [-0.1, -0.05) is 19.3 Å². The van der Waals surface area contributed by atoms with Crippen LogP contribution in [0.4, 0.5) is 0 Å². The van der Waals surface area contributed by atoms with E-state index in [9.17, 15) is 9.59 Å². The predicted octanol–water partition coefficient (Wildman–Crippen LogP) is 2.17. The fourth-order valence-corrected chi connectivity index (χ4v) is 2.30. The molecular formula is C13H23NO3. The number of hydrogen-bond acceptors (Lipinski definition) is 3. The van der Waals surface area contributed by atoms with E-state index in [0.717, 1.165) is 12.8 Å². The minimum absolute atomic E-state index is 0.0394. The zero-order valence-electron chi connectivity index (χ0n) is 10.9. The van der Waals surface area contributed by atoms with E-state index >= 15 is 0 Å². The first-order valence-corrected chi connectivity index (χ1v) is 6.52. The lowest BCUT2D eigenvalue weighted by Crippen LogP contribution is -2.47. The molecule has 1 aliphatic carbocycles. The van der Waals surface area contributed by atoms with E-state index < -0.39 is 0 Å². The lowest BCUT2D eigenvalue weighted by molar-refractivity contribution is -0.144. The van der Waals surface area contributed by atoms with Gasteiger partial charge in [-0.15, -0.1) is 0 Å². The van der Waals surface area contributed by atoms with Gasteiger partial charge in [0, 0.05) is 12.0 Å². The van der Waals surface area contributed by atoms with Gasteiger partial charge >= 0.3 is 5.97 Å². The maximum atomic E-state index is 11.7. The second-order valence-electron chi connectivity index (χ2n) is 4.97. The van der Waals surface area contributed by atoms with Crippen molar-refractivity contribution in [2.75, 3.05) is 6.61 Å². The summed E-state index contributed by atoms with van der Waals surface area (Å²) in [6.45, 7) is 4.23. The lowest BCUT2D eigenvalue weighted by Gasteiger charge is -2.34. The van der Waals surface area contributed by atoms with Crippen LogP contribution in [0.1, 0.15) is 58.8 Å². The van der Waals surface area contributed by atoms with Crippen molar-refractivity contribution in [3.63, 3.8) is 0 Å². The summed E-state index contributed by atoms with van der Waals surface area (Å²) in [5, 5.41) is 3.05. The van der Waals surface area contributed by atoms with Gasteiger partial charge in [-0.05, 0) is 26.7 Å². The quantitative estimate of drug-likeness (QED) is 0.750. The lowest BCUT2D eigenvalue weighted by atomic mass is 9.83. The van der Waals surface area contributed by atoms with Gasteiger partial charge in [-0.25, -0.2) is 0 Å². The van der Waals surface area contributed by atoms with E-state index in [0.29, 0.717) is 6.61 Å². The van der Waals surface area contributed by atoms with Crippen molar-refractivity contribution >= 4 is 11.9 Å². The fraction of sp³-hybridized carbons (Fsp3) is 0.846. The molecule has 0 atom stereocenters. The average Bonchev–Trinajstić information content (AvgIpc) is 2.27. The highest BCUT2D eigenvalue weighted by molar-refractivity contribution is 5.81. The van der Waals surface area contributed by atoms with Gasteiger partial charge in [0.15, 0.2) is 0 Å². The molecule has 1 rings (SSSR count). The molecule has 1 N–H and O–H groups in total. The largest absolute Gasteiger partial charge is 0.466 e. The van der Waals surface area contributed by atoms with Gasteiger partial charge in [-0.3, -0.25) is 9.59 Å². The maximum absolute atomic E-state index is 11.7. The summed E-state index contributed by atoms with van der Waals surface area (Å²) in [6.07, 6.45) is 6.10. The van der Waals surface area contributed by atoms with Crippen molar-refractivity contribution in [2.45, 2.75) is 64.3 Å². The summed E-state index contributed by atoms with van der Waals surface area (Å²) in [4.78, 5) is 22.8. The van der Waals surface area contributed by atoms with E-state index in [1.807, 2.05) is 0 Å². The minimum Gasteiger partial charge on any atom is -0.466 e. The monoisotopic (exact) mass is 241 g/mol. The van der Waals surface area contributed by atoms with E-state index in [2.05, 4.69) is 12.2 Å². The average molecular weight is 241 g/mol. The van der Waals surface area contributed by atoms with Crippen molar-refractivity contribution in [3.05, 3.63) is 0 Å². The van der Waals surface area contributed by atoms with Crippen molar-refractivity contribution in [1.29, 1.82) is 0 Å². The van der Waals surface area contributed by atoms with E-state index in [-0.39, 0.29) is 30.3 Å². The summed E-state index contributed by atoms with van der Waals surface area (Å²) in [5.74, 6) is -0.334. The Kier molecular flexibility index (Phi) is 5.45. The first kappa shape index (κ1) is 14.0. The number of amides is 1. The van der Waals surface area contributed by atoms with Crippen LogP contribution in [0, 0.1) is 0 Å². The van der Waals surface area contributed by atoms with Crippen molar-refractivity contribution < 1.29 is 14.3 Å².